The smallest absolute Gasteiger partial charge is 0.334 e. The first-order valence-corrected chi connectivity index (χ1v) is 15.1. The van der Waals surface area contributed by atoms with Crippen LogP contribution in [-0.2, 0) is 44.7 Å². The fourth-order valence-electron chi connectivity index (χ4n) is 6.76. The zero-order valence-electron chi connectivity index (χ0n) is 25.1. The van der Waals surface area contributed by atoms with Gasteiger partial charge in [-0.05, 0) is 38.2 Å². The Balaban J connectivity index is 1.58. The number of rotatable bonds is 10. The van der Waals surface area contributed by atoms with E-state index in [2.05, 4.69) is 5.32 Å². The quantitative estimate of drug-likeness (QED) is 0.155. The van der Waals surface area contributed by atoms with Gasteiger partial charge in [0.25, 0.3) is 11.7 Å². The molecule has 6 atom stereocenters. The van der Waals surface area contributed by atoms with Gasteiger partial charge in [-0.25, -0.2) is 4.79 Å². The maximum atomic E-state index is 14.6. The molecule has 0 saturated carbocycles. The minimum atomic E-state index is -2.36. The third-order valence-corrected chi connectivity index (χ3v) is 8.85. The molecule has 3 amide bonds. The lowest BCUT2D eigenvalue weighted by molar-refractivity contribution is -0.237. The van der Waals surface area contributed by atoms with Crippen molar-refractivity contribution in [2.45, 2.75) is 69.2 Å². The van der Waals surface area contributed by atoms with Crippen LogP contribution in [0.2, 0.25) is 0 Å². The van der Waals surface area contributed by atoms with Crippen molar-refractivity contribution in [3.05, 3.63) is 83.9 Å². The van der Waals surface area contributed by atoms with Crippen LogP contribution in [0.25, 0.3) is 0 Å². The number of nitrogens with zero attached hydrogens (tertiary/aromatic N) is 1. The van der Waals surface area contributed by atoms with Gasteiger partial charge in [0.2, 0.25) is 11.8 Å². The van der Waals surface area contributed by atoms with E-state index in [0.717, 1.165) is 5.56 Å². The summed E-state index contributed by atoms with van der Waals surface area (Å²) in [5.41, 5.74) is 11.5. The van der Waals surface area contributed by atoms with Crippen molar-refractivity contribution in [3.63, 3.8) is 0 Å². The number of esters is 2. The highest BCUT2D eigenvalue weighted by molar-refractivity contribution is 6.03. The van der Waals surface area contributed by atoms with Gasteiger partial charge in [-0.2, -0.15) is 0 Å². The number of allylic oxidation sites excluding steroid dienone is 1. The largest absolute Gasteiger partial charge is 0.441 e. The number of amides is 3. The monoisotopic (exact) mass is 618 g/mol. The SMILES string of the molecule is CCOC1(C(N)=O)OC(=O)CC1C1(C(=O)OC(N)c2ccccc2)CCC2CC=CCC(C(=O)NCc3ccccc3)C(=O)N21. The van der Waals surface area contributed by atoms with Gasteiger partial charge in [0.05, 0.1) is 12.3 Å². The molecule has 238 valence electrons. The van der Waals surface area contributed by atoms with Crippen molar-refractivity contribution in [1.82, 2.24) is 10.2 Å². The zero-order valence-corrected chi connectivity index (χ0v) is 25.1. The summed E-state index contributed by atoms with van der Waals surface area (Å²) < 4.78 is 17.1. The van der Waals surface area contributed by atoms with Gasteiger partial charge < -0.3 is 30.2 Å². The normalized spacial score (nSPS) is 28.4. The molecule has 3 aliphatic rings. The Labute approximate surface area is 261 Å². The van der Waals surface area contributed by atoms with Crippen LogP contribution in [0.5, 0.6) is 0 Å². The lowest BCUT2D eigenvalue weighted by atomic mass is 9.74. The van der Waals surface area contributed by atoms with Gasteiger partial charge in [-0.15, -0.1) is 0 Å². The number of carbonyl (C=O) groups is 5. The predicted molar refractivity (Wildman–Crippen MR) is 160 cm³/mol. The van der Waals surface area contributed by atoms with Crippen molar-refractivity contribution >= 4 is 29.7 Å². The van der Waals surface area contributed by atoms with E-state index in [1.54, 1.807) is 43.3 Å². The second-order valence-electron chi connectivity index (χ2n) is 11.5. The summed E-state index contributed by atoms with van der Waals surface area (Å²) in [4.78, 5) is 70.0. The van der Waals surface area contributed by atoms with Gasteiger partial charge in [-0.3, -0.25) is 24.9 Å². The van der Waals surface area contributed by atoms with Crippen LogP contribution in [-0.4, -0.2) is 58.5 Å². The molecule has 12 nitrogen and oxygen atoms in total. The van der Waals surface area contributed by atoms with Crippen molar-refractivity contribution in [3.8, 4) is 0 Å². The van der Waals surface area contributed by atoms with E-state index < -0.39 is 71.5 Å². The highest BCUT2D eigenvalue weighted by Crippen LogP contribution is 2.52. The maximum absolute atomic E-state index is 14.6. The first-order valence-electron chi connectivity index (χ1n) is 15.1. The highest BCUT2D eigenvalue weighted by Gasteiger charge is 2.71. The molecule has 0 aliphatic carbocycles. The Hall–Kier alpha value is -4.55. The number of nitrogens with two attached hydrogens (primary N) is 2. The molecule has 0 aromatic heterocycles. The predicted octanol–water partition coefficient (Wildman–Crippen LogP) is 1.98. The van der Waals surface area contributed by atoms with E-state index in [1.165, 1.54) is 4.90 Å². The molecule has 0 radical (unpaired) electrons. The fourth-order valence-corrected chi connectivity index (χ4v) is 6.76. The first-order chi connectivity index (χ1) is 21.6. The minimum absolute atomic E-state index is 0.0145. The summed E-state index contributed by atoms with van der Waals surface area (Å²) in [5, 5.41) is 2.83. The van der Waals surface area contributed by atoms with E-state index in [0.29, 0.717) is 18.4 Å². The minimum Gasteiger partial charge on any atom is -0.441 e. The van der Waals surface area contributed by atoms with E-state index in [1.807, 2.05) is 36.4 Å². The van der Waals surface area contributed by atoms with E-state index in [-0.39, 0.29) is 26.0 Å². The number of carbonyl (C=O) groups excluding carboxylic acids is 5. The number of cyclic esters (lactones) is 1. The number of primary amides is 1. The standard InChI is InChI=1S/C33H38N4O8/c1-2-43-33(30(35)41)25(19-26(38)45-33)32(31(42)44-27(34)22-13-7-4-8-14-22)18-17-23-15-9-10-16-24(29(40)37(23)32)28(39)36-20-21-11-5-3-6-12-21/h3-14,23-25,27H,2,15-20,34H2,1H3,(H2,35,41)(H,36,39). The third kappa shape index (κ3) is 5.95. The molecule has 2 aromatic carbocycles. The van der Waals surface area contributed by atoms with Crippen LogP contribution < -0.4 is 16.8 Å². The van der Waals surface area contributed by atoms with Crippen LogP contribution >= 0.6 is 0 Å². The van der Waals surface area contributed by atoms with Crippen LogP contribution in [0.4, 0.5) is 0 Å². The van der Waals surface area contributed by atoms with Gasteiger partial charge in [0, 0.05) is 24.8 Å². The zero-order chi connectivity index (χ0) is 32.2. The molecular weight excluding hydrogens is 580 g/mol. The van der Waals surface area contributed by atoms with Crippen molar-refractivity contribution in [2.24, 2.45) is 23.3 Å². The highest BCUT2D eigenvalue weighted by atomic mass is 16.7. The summed E-state index contributed by atoms with van der Waals surface area (Å²) in [5.74, 6) is -9.03. The Bertz CT molecular complexity index is 1470. The average Bonchev–Trinajstić information content (AvgIpc) is 3.58. The first kappa shape index (κ1) is 31.9. The summed E-state index contributed by atoms with van der Waals surface area (Å²) in [7, 11) is 0. The number of fused-ring (bicyclic) bond motifs is 1. The van der Waals surface area contributed by atoms with Gasteiger partial charge in [-0.1, -0.05) is 72.8 Å². The lowest BCUT2D eigenvalue weighted by Gasteiger charge is -2.47. The van der Waals surface area contributed by atoms with Gasteiger partial charge >= 0.3 is 11.9 Å². The number of hydrogen-bond acceptors (Lipinski definition) is 9. The summed E-state index contributed by atoms with van der Waals surface area (Å²) >= 11 is 0. The molecule has 12 heteroatoms. The van der Waals surface area contributed by atoms with Crippen molar-refractivity contribution < 1.29 is 38.2 Å². The number of benzene rings is 2. The van der Waals surface area contributed by atoms with E-state index in [9.17, 15) is 24.0 Å². The second-order valence-corrected chi connectivity index (χ2v) is 11.5. The maximum Gasteiger partial charge on any atom is 0.334 e. The van der Waals surface area contributed by atoms with Crippen molar-refractivity contribution in [1.29, 1.82) is 0 Å². The molecule has 6 unspecified atom stereocenters. The van der Waals surface area contributed by atoms with Crippen LogP contribution in [0.15, 0.2) is 72.8 Å². The van der Waals surface area contributed by atoms with Crippen molar-refractivity contribution in [2.75, 3.05) is 6.61 Å². The Kier molecular flexibility index (Phi) is 9.35. The fraction of sp³-hybridized carbons (Fsp3) is 0.424. The van der Waals surface area contributed by atoms with Crippen LogP contribution in [0.3, 0.4) is 0 Å². The molecule has 0 spiro atoms. The Morgan fingerprint density at radius 1 is 1.04 bits per heavy atom. The second kappa shape index (κ2) is 13.2. The topological polar surface area (TPSA) is 180 Å². The molecule has 2 aromatic rings. The van der Waals surface area contributed by atoms with Gasteiger partial charge in [0.15, 0.2) is 11.8 Å². The molecule has 5 rings (SSSR count). The summed E-state index contributed by atoms with van der Waals surface area (Å²) in [6.07, 6.45) is 2.66. The Morgan fingerprint density at radius 2 is 1.71 bits per heavy atom. The molecular formula is C33H38N4O8. The molecule has 3 aliphatic heterocycles. The number of nitrogens with one attached hydrogen (secondary N) is 1. The number of hydrogen-bond donors (Lipinski definition) is 3. The van der Waals surface area contributed by atoms with Crippen LogP contribution in [0.1, 0.15) is 56.4 Å². The molecule has 3 heterocycles. The average molecular weight is 619 g/mol. The van der Waals surface area contributed by atoms with Crippen LogP contribution in [0, 0.1) is 11.8 Å². The molecule has 2 saturated heterocycles. The molecule has 5 N–H and O–H groups in total. The third-order valence-electron chi connectivity index (χ3n) is 8.85. The molecule has 0 bridgehead atoms. The molecule has 2 fully saturated rings. The van der Waals surface area contributed by atoms with Gasteiger partial charge in [0.1, 0.15) is 5.92 Å². The summed E-state index contributed by atoms with van der Waals surface area (Å²) in [6, 6.07) is 17.3. The molecule has 45 heavy (non-hydrogen) atoms. The summed E-state index contributed by atoms with van der Waals surface area (Å²) in [6.45, 7) is 1.68. The van der Waals surface area contributed by atoms with E-state index in [4.69, 9.17) is 25.7 Å². The number of ether oxygens (including phenoxy) is 3. The lowest BCUT2D eigenvalue weighted by Crippen LogP contribution is -2.68. The van der Waals surface area contributed by atoms with E-state index >= 15 is 0 Å². The Morgan fingerprint density at radius 3 is 2.38 bits per heavy atom.